The largest absolute Gasteiger partial charge is 0.433 e. The number of halogens is 4. The zero-order chi connectivity index (χ0) is 14.3. The van der Waals surface area contributed by atoms with Crippen LogP contribution in [0.1, 0.15) is 31.4 Å². The van der Waals surface area contributed by atoms with E-state index in [-0.39, 0.29) is 18.0 Å². The smallest absolute Gasteiger partial charge is 0.326 e. The van der Waals surface area contributed by atoms with Crippen LogP contribution in [0.3, 0.4) is 0 Å². The first-order chi connectivity index (χ1) is 8.93. The molecule has 106 valence electrons. The van der Waals surface area contributed by atoms with Gasteiger partial charge in [-0.1, -0.05) is 6.42 Å². The van der Waals surface area contributed by atoms with E-state index in [1.165, 1.54) is 6.07 Å². The first kappa shape index (κ1) is 15.8. The third-order valence-electron chi connectivity index (χ3n) is 2.37. The highest BCUT2D eigenvalue weighted by atomic mass is 35.5. The Labute approximate surface area is 114 Å². The van der Waals surface area contributed by atoms with Gasteiger partial charge in [0.05, 0.1) is 0 Å². The Kier molecular flexibility index (Phi) is 6.08. The first-order valence-corrected chi connectivity index (χ1v) is 6.36. The van der Waals surface area contributed by atoms with Gasteiger partial charge in [0.15, 0.2) is 0 Å². The summed E-state index contributed by atoms with van der Waals surface area (Å²) in [6.45, 7) is 0. The zero-order valence-electron chi connectivity index (χ0n) is 10.1. The SMILES string of the molecule is O=C(CCCCCCl)Nc1ccnc(C(F)(F)F)c1. The van der Waals surface area contributed by atoms with E-state index in [9.17, 15) is 18.0 Å². The van der Waals surface area contributed by atoms with Crippen molar-refractivity contribution in [2.24, 2.45) is 0 Å². The highest BCUT2D eigenvalue weighted by Crippen LogP contribution is 2.28. The molecule has 0 aliphatic heterocycles. The molecule has 1 heterocycles. The lowest BCUT2D eigenvalue weighted by Crippen LogP contribution is -2.13. The molecule has 1 rings (SSSR count). The molecule has 19 heavy (non-hydrogen) atoms. The molecule has 0 unspecified atom stereocenters. The minimum atomic E-state index is -4.51. The Bertz CT molecular complexity index is 424. The summed E-state index contributed by atoms with van der Waals surface area (Å²) in [5.74, 6) is 0.231. The number of pyridine rings is 1. The van der Waals surface area contributed by atoms with E-state index >= 15 is 0 Å². The molecule has 0 aliphatic carbocycles. The molecule has 0 radical (unpaired) electrons. The second kappa shape index (κ2) is 7.33. The average molecular weight is 295 g/mol. The second-order valence-corrected chi connectivity index (χ2v) is 4.35. The number of rotatable bonds is 6. The van der Waals surface area contributed by atoms with Gasteiger partial charge in [-0.2, -0.15) is 13.2 Å². The lowest BCUT2D eigenvalue weighted by molar-refractivity contribution is -0.141. The maximum absolute atomic E-state index is 12.4. The summed E-state index contributed by atoms with van der Waals surface area (Å²) in [4.78, 5) is 14.7. The van der Waals surface area contributed by atoms with Gasteiger partial charge in [-0.15, -0.1) is 11.6 Å². The topological polar surface area (TPSA) is 42.0 Å². The molecule has 0 fully saturated rings. The molecule has 1 aromatic heterocycles. The number of carbonyl (C=O) groups excluding carboxylic acids is 1. The number of nitrogens with one attached hydrogen (secondary N) is 1. The molecular weight excluding hydrogens is 281 g/mol. The van der Waals surface area contributed by atoms with Crippen LogP contribution in [0.25, 0.3) is 0 Å². The fourth-order valence-corrected chi connectivity index (χ4v) is 1.63. The van der Waals surface area contributed by atoms with Crippen molar-refractivity contribution in [3.8, 4) is 0 Å². The van der Waals surface area contributed by atoms with E-state index in [1.807, 2.05) is 0 Å². The van der Waals surface area contributed by atoms with Crippen molar-refractivity contribution in [2.45, 2.75) is 31.9 Å². The minimum Gasteiger partial charge on any atom is -0.326 e. The van der Waals surface area contributed by atoms with Gasteiger partial charge in [-0.25, -0.2) is 0 Å². The zero-order valence-corrected chi connectivity index (χ0v) is 10.9. The van der Waals surface area contributed by atoms with E-state index in [0.29, 0.717) is 12.3 Å². The average Bonchev–Trinajstić information content (AvgIpc) is 2.34. The lowest BCUT2D eigenvalue weighted by Gasteiger charge is -2.08. The molecule has 3 nitrogen and oxygen atoms in total. The molecule has 1 amide bonds. The molecule has 7 heteroatoms. The van der Waals surface area contributed by atoms with Crippen LogP contribution in [-0.2, 0) is 11.0 Å². The van der Waals surface area contributed by atoms with Crippen LogP contribution < -0.4 is 5.32 Å². The number of nitrogens with zero attached hydrogens (tertiary/aromatic N) is 1. The maximum atomic E-state index is 12.4. The van der Waals surface area contributed by atoms with E-state index in [4.69, 9.17) is 11.6 Å². The third kappa shape index (κ3) is 5.92. The normalized spacial score (nSPS) is 11.4. The monoisotopic (exact) mass is 294 g/mol. The van der Waals surface area contributed by atoms with Crippen molar-refractivity contribution in [1.82, 2.24) is 4.98 Å². The summed E-state index contributed by atoms with van der Waals surface area (Å²) < 4.78 is 37.2. The van der Waals surface area contributed by atoms with E-state index in [1.54, 1.807) is 0 Å². The highest BCUT2D eigenvalue weighted by molar-refractivity contribution is 6.17. The molecule has 0 spiro atoms. The first-order valence-electron chi connectivity index (χ1n) is 5.82. The Hall–Kier alpha value is -1.30. The fourth-order valence-electron chi connectivity index (χ4n) is 1.44. The number of anilines is 1. The van der Waals surface area contributed by atoms with E-state index in [0.717, 1.165) is 25.1 Å². The summed E-state index contributed by atoms with van der Waals surface area (Å²) in [5.41, 5.74) is -0.919. The van der Waals surface area contributed by atoms with Crippen LogP contribution in [0, 0.1) is 0 Å². The number of unbranched alkanes of at least 4 members (excludes halogenated alkanes) is 2. The molecule has 0 saturated heterocycles. The van der Waals surface area contributed by atoms with Crippen molar-refractivity contribution in [1.29, 1.82) is 0 Å². The van der Waals surface area contributed by atoms with Crippen LogP contribution in [0.4, 0.5) is 18.9 Å². The molecular formula is C12H14ClF3N2O. The van der Waals surface area contributed by atoms with Gasteiger partial charge in [-0.05, 0) is 25.0 Å². The van der Waals surface area contributed by atoms with Crippen molar-refractivity contribution < 1.29 is 18.0 Å². The van der Waals surface area contributed by atoms with Gasteiger partial charge in [-0.3, -0.25) is 9.78 Å². The summed E-state index contributed by atoms with van der Waals surface area (Å²) in [7, 11) is 0. The Morgan fingerprint density at radius 1 is 1.32 bits per heavy atom. The Morgan fingerprint density at radius 3 is 2.68 bits per heavy atom. The van der Waals surface area contributed by atoms with Crippen molar-refractivity contribution in [2.75, 3.05) is 11.2 Å². The molecule has 0 atom stereocenters. The standard InChI is InChI=1S/C12H14ClF3N2O/c13-6-3-1-2-4-11(19)18-9-5-7-17-10(8-9)12(14,15)16/h5,7-8H,1-4,6H2,(H,17,18,19). The van der Waals surface area contributed by atoms with Crippen LogP contribution in [0.5, 0.6) is 0 Å². The second-order valence-electron chi connectivity index (χ2n) is 3.98. The van der Waals surface area contributed by atoms with Crippen molar-refractivity contribution >= 4 is 23.2 Å². The number of hydrogen-bond donors (Lipinski definition) is 1. The summed E-state index contributed by atoms with van der Waals surface area (Å²) >= 11 is 5.49. The molecule has 1 N–H and O–H groups in total. The van der Waals surface area contributed by atoms with Gasteiger partial charge in [0, 0.05) is 24.2 Å². The Morgan fingerprint density at radius 2 is 2.05 bits per heavy atom. The molecule has 0 aliphatic rings. The molecule has 0 aromatic carbocycles. The maximum Gasteiger partial charge on any atom is 0.433 e. The van der Waals surface area contributed by atoms with E-state index in [2.05, 4.69) is 10.3 Å². The van der Waals surface area contributed by atoms with Gasteiger partial charge >= 0.3 is 6.18 Å². The summed E-state index contributed by atoms with van der Waals surface area (Å²) in [6.07, 6.45) is -0.924. The number of hydrogen-bond acceptors (Lipinski definition) is 2. The lowest BCUT2D eigenvalue weighted by atomic mass is 10.2. The Balaban J connectivity index is 2.50. The predicted molar refractivity (Wildman–Crippen MR) is 67.1 cm³/mol. The van der Waals surface area contributed by atoms with Crippen LogP contribution in [0.15, 0.2) is 18.3 Å². The van der Waals surface area contributed by atoms with Crippen molar-refractivity contribution in [3.63, 3.8) is 0 Å². The van der Waals surface area contributed by atoms with Crippen LogP contribution >= 0.6 is 11.6 Å². The fraction of sp³-hybridized carbons (Fsp3) is 0.500. The third-order valence-corrected chi connectivity index (χ3v) is 2.64. The summed E-state index contributed by atoms with van der Waals surface area (Å²) in [6, 6.07) is 2.14. The van der Waals surface area contributed by atoms with Gasteiger partial charge < -0.3 is 5.32 Å². The van der Waals surface area contributed by atoms with Crippen LogP contribution in [-0.4, -0.2) is 16.8 Å². The predicted octanol–water partition coefficient (Wildman–Crippen LogP) is 3.84. The number of alkyl halides is 4. The van der Waals surface area contributed by atoms with Crippen LogP contribution in [0.2, 0.25) is 0 Å². The number of amides is 1. The number of carbonyl (C=O) groups is 1. The molecule has 0 saturated carbocycles. The van der Waals surface area contributed by atoms with E-state index < -0.39 is 11.9 Å². The van der Waals surface area contributed by atoms with Gasteiger partial charge in [0.25, 0.3) is 0 Å². The van der Waals surface area contributed by atoms with Gasteiger partial charge in [0.1, 0.15) is 5.69 Å². The quantitative estimate of drug-likeness (QED) is 0.640. The molecule has 0 bridgehead atoms. The van der Waals surface area contributed by atoms with Gasteiger partial charge in [0.2, 0.25) is 5.91 Å². The minimum absolute atomic E-state index is 0.102. The molecule has 1 aromatic rings. The van der Waals surface area contributed by atoms with Crippen molar-refractivity contribution in [3.05, 3.63) is 24.0 Å². The summed E-state index contributed by atoms with van der Waals surface area (Å²) in [5, 5.41) is 2.42. The highest BCUT2D eigenvalue weighted by Gasteiger charge is 2.32. The number of aromatic nitrogens is 1.